The first-order chi connectivity index (χ1) is 19.0. The van der Waals surface area contributed by atoms with Gasteiger partial charge in [-0.1, -0.05) is 46.5 Å². The molecule has 11 nitrogen and oxygen atoms in total. The van der Waals surface area contributed by atoms with E-state index in [-0.39, 0.29) is 24.4 Å². The number of carbonyl (C=O) groups is 4. The van der Waals surface area contributed by atoms with Gasteiger partial charge in [0.2, 0.25) is 18.2 Å². The highest BCUT2D eigenvalue weighted by molar-refractivity contribution is 5.91. The molecule has 0 unspecified atom stereocenters. The number of piperazine rings is 1. The SMILES string of the molecule is CCOc1ccc(NC(=O)N2CCN(C(=O)[C@@H](NC(=O)[C@H](CC3CCCC3)CN(O)C=O)C(C)(C)C)CC2)cc1. The van der Waals surface area contributed by atoms with Crippen molar-refractivity contribution in [3.8, 4) is 5.75 Å². The standard InChI is InChI=1S/C29H45N5O6/c1-5-40-24-12-10-23(11-13-24)30-28(38)33-16-14-32(15-17-33)27(37)25(29(2,3)4)31-26(36)22(19-34(39)20-35)18-21-8-6-7-9-21/h10-13,20-22,25,39H,5-9,14-19H2,1-4H3,(H,30,38)(H,31,36)/t22-,25-/m1/s1. The number of hydroxylamine groups is 2. The fraction of sp³-hybridized carbons (Fsp3) is 0.655. The van der Waals surface area contributed by atoms with Crippen LogP contribution in [0.1, 0.15) is 59.8 Å². The third kappa shape index (κ3) is 8.84. The van der Waals surface area contributed by atoms with Gasteiger partial charge in [-0.05, 0) is 48.9 Å². The summed E-state index contributed by atoms with van der Waals surface area (Å²) in [7, 11) is 0. The molecule has 3 rings (SSSR count). The fourth-order valence-corrected chi connectivity index (χ4v) is 5.41. The monoisotopic (exact) mass is 559 g/mol. The minimum absolute atomic E-state index is 0.112. The maximum atomic E-state index is 13.6. The summed E-state index contributed by atoms with van der Waals surface area (Å²) in [6, 6.07) is 6.13. The Morgan fingerprint density at radius 1 is 1.07 bits per heavy atom. The van der Waals surface area contributed by atoms with Gasteiger partial charge in [-0.15, -0.1) is 0 Å². The quantitative estimate of drug-likeness (QED) is 0.217. The lowest BCUT2D eigenvalue weighted by atomic mass is 9.84. The summed E-state index contributed by atoms with van der Waals surface area (Å²) in [6.07, 6.45) is 5.13. The summed E-state index contributed by atoms with van der Waals surface area (Å²) < 4.78 is 5.43. The van der Waals surface area contributed by atoms with E-state index in [4.69, 9.17) is 4.74 Å². The van der Waals surface area contributed by atoms with Gasteiger partial charge in [-0.2, -0.15) is 0 Å². The van der Waals surface area contributed by atoms with Gasteiger partial charge in [0.25, 0.3) is 0 Å². The maximum absolute atomic E-state index is 13.6. The number of benzene rings is 1. The highest BCUT2D eigenvalue weighted by Crippen LogP contribution is 2.31. The average Bonchev–Trinajstić information content (AvgIpc) is 3.44. The predicted molar refractivity (Wildman–Crippen MR) is 151 cm³/mol. The van der Waals surface area contributed by atoms with Gasteiger partial charge < -0.3 is 25.2 Å². The summed E-state index contributed by atoms with van der Waals surface area (Å²) in [5.74, 6) is -0.0614. The molecule has 1 heterocycles. The highest BCUT2D eigenvalue weighted by Gasteiger charge is 2.39. The Morgan fingerprint density at radius 2 is 1.68 bits per heavy atom. The third-order valence-corrected chi connectivity index (χ3v) is 7.69. The molecule has 1 aromatic carbocycles. The first-order valence-corrected chi connectivity index (χ1v) is 14.3. The molecule has 1 saturated heterocycles. The second-order valence-electron chi connectivity index (χ2n) is 11.8. The summed E-state index contributed by atoms with van der Waals surface area (Å²) in [6.45, 7) is 9.47. The third-order valence-electron chi connectivity index (χ3n) is 7.69. The van der Waals surface area contributed by atoms with E-state index < -0.39 is 17.4 Å². The van der Waals surface area contributed by atoms with Crippen LogP contribution in [0.2, 0.25) is 0 Å². The largest absolute Gasteiger partial charge is 0.494 e. The van der Waals surface area contributed by atoms with Gasteiger partial charge in [-0.3, -0.25) is 19.6 Å². The smallest absolute Gasteiger partial charge is 0.321 e. The molecule has 0 aromatic heterocycles. The number of nitrogens with one attached hydrogen (secondary N) is 2. The van der Waals surface area contributed by atoms with E-state index in [1.807, 2.05) is 27.7 Å². The van der Waals surface area contributed by atoms with Gasteiger partial charge >= 0.3 is 6.03 Å². The van der Waals surface area contributed by atoms with Crippen LogP contribution in [-0.4, -0.2) is 89.7 Å². The molecule has 2 fully saturated rings. The average molecular weight is 560 g/mol. The van der Waals surface area contributed by atoms with Crippen molar-refractivity contribution < 1.29 is 29.1 Å². The van der Waals surface area contributed by atoms with E-state index in [1.165, 1.54) is 0 Å². The van der Waals surface area contributed by atoms with Crippen LogP contribution >= 0.6 is 0 Å². The fourth-order valence-electron chi connectivity index (χ4n) is 5.41. The van der Waals surface area contributed by atoms with Gasteiger partial charge in [0.05, 0.1) is 19.1 Å². The molecule has 1 aromatic rings. The lowest BCUT2D eigenvalue weighted by molar-refractivity contribution is -0.156. The molecule has 5 amide bonds. The summed E-state index contributed by atoms with van der Waals surface area (Å²) in [5, 5.41) is 16.2. The van der Waals surface area contributed by atoms with Crippen LogP contribution < -0.4 is 15.4 Å². The van der Waals surface area contributed by atoms with E-state index in [1.54, 1.807) is 34.1 Å². The van der Waals surface area contributed by atoms with Crippen molar-refractivity contribution in [2.24, 2.45) is 17.3 Å². The minimum Gasteiger partial charge on any atom is -0.494 e. The molecular weight excluding hydrogens is 514 g/mol. The zero-order valence-corrected chi connectivity index (χ0v) is 24.2. The molecular formula is C29H45N5O6. The van der Waals surface area contributed by atoms with Crippen molar-refractivity contribution in [1.29, 1.82) is 0 Å². The first kappa shape index (κ1) is 31.2. The highest BCUT2D eigenvalue weighted by atomic mass is 16.5. The first-order valence-electron chi connectivity index (χ1n) is 14.3. The molecule has 11 heteroatoms. The Labute approximate surface area is 237 Å². The van der Waals surface area contributed by atoms with Crippen molar-refractivity contribution in [3.05, 3.63) is 24.3 Å². The Balaban J connectivity index is 1.59. The van der Waals surface area contributed by atoms with Crippen LogP contribution in [0.3, 0.4) is 0 Å². The molecule has 0 bridgehead atoms. The molecule has 2 aliphatic rings. The maximum Gasteiger partial charge on any atom is 0.321 e. The Kier molecular flexibility index (Phi) is 11.2. The van der Waals surface area contributed by atoms with Gasteiger partial charge in [0.15, 0.2) is 0 Å². The number of rotatable bonds is 11. The molecule has 40 heavy (non-hydrogen) atoms. The van der Waals surface area contributed by atoms with Crippen molar-refractivity contribution in [2.75, 3.05) is 44.6 Å². The number of hydrogen-bond donors (Lipinski definition) is 3. The number of amides is 5. The minimum atomic E-state index is -0.793. The number of nitrogens with zero attached hydrogens (tertiary/aromatic N) is 3. The van der Waals surface area contributed by atoms with E-state index in [0.717, 1.165) is 31.4 Å². The molecule has 222 valence electrons. The van der Waals surface area contributed by atoms with E-state index >= 15 is 0 Å². The Morgan fingerprint density at radius 3 is 2.23 bits per heavy atom. The lowest BCUT2D eigenvalue weighted by Gasteiger charge is -2.40. The van der Waals surface area contributed by atoms with E-state index in [2.05, 4.69) is 10.6 Å². The summed E-state index contributed by atoms with van der Waals surface area (Å²) in [5.41, 5.74) is 0.0850. The van der Waals surface area contributed by atoms with Crippen LogP contribution in [0.25, 0.3) is 0 Å². The Hall–Kier alpha value is -3.34. The molecule has 3 N–H and O–H groups in total. The van der Waals surface area contributed by atoms with Crippen molar-refractivity contribution in [2.45, 2.75) is 65.8 Å². The van der Waals surface area contributed by atoms with E-state index in [0.29, 0.717) is 62.3 Å². The van der Waals surface area contributed by atoms with Crippen LogP contribution in [-0.2, 0) is 14.4 Å². The van der Waals surface area contributed by atoms with Crippen LogP contribution in [0, 0.1) is 17.3 Å². The number of urea groups is 1. The second kappa shape index (κ2) is 14.3. The van der Waals surface area contributed by atoms with E-state index in [9.17, 15) is 24.4 Å². The second-order valence-corrected chi connectivity index (χ2v) is 11.8. The van der Waals surface area contributed by atoms with Crippen molar-refractivity contribution in [1.82, 2.24) is 20.2 Å². The number of ether oxygens (including phenoxy) is 1. The zero-order valence-electron chi connectivity index (χ0n) is 24.2. The summed E-state index contributed by atoms with van der Waals surface area (Å²) >= 11 is 0. The predicted octanol–water partition coefficient (Wildman–Crippen LogP) is 3.34. The number of hydrogen-bond acceptors (Lipinski definition) is 6. The van der Waals surface area contributed by atoms with Gasteiger partial charge in [-0.25, -0.2) is 9.86 Å². The zero-order chi connectivity index (χ0) is 29.3. The van der Waals surface area contributed by atoms with Crippen LogP contribution in [0.4, 0.5) is 10.5 Å². The molecule has 1 saturated carbocycles. The lowest BCUT2D eigenvalue weighted by Crippen LogP contribution is -2.60. The summed E-state index contributed by atoms with van der Waals surface area (Å²) in [4.78, 5) is 54.2. The van der Waals surface area contributed by atoms with Crippen LogP contribution in [0.15, 0.2) is 24.3 Å². The van der Waals surface area contributed by atoms with Crippen molar-refractivity contribution >= 4 is 29.9 Å². The Bertz CT molecular complexity index is 997. The number of anilines is 1. The van der Waals surface area contributed by atoms with Crippen LogP contribution in [0.5, 0.6) is 5.75 Å². The molecule has 1 aliphatic carbocycles. The topological polar surface area (TPSA) is 132 Å². The molecule has 0 radical (unpaired) electrons. The molecule has 1 aliphatic heterocycles. The van der Waals surface area contributed by atoms with Gasteiger partial charge in [0, 0.05) is 31.9 Å². The van der Waals surface area contributed by atoms with Crippen molar-refractivity contribution in [3.63, 3.8) is 0 Å². The van der Waals surface area contributed by atoms with Gasteiger partial charge in [0.1, 0.15) is 11.8 Å². The number of carbonyl (C=O) groups excluding carboxylic acids is 4. The normalized spacial score (nSPS) is 17.6. The molecule has 0 spiro atoms. The molecule has 2 atom stereocenters.